The Hall–Kier alpha value is -3.38. The summed E-state index contributed by atoms with van der Waals surface area (Å²) in [5, 5.41) is 3.21. The molecule has 0 unspecified atom stereocenters. The van der Waals surface area contributed by atoms with Crippen LogP contribution >= 0.6 is 11.6 Å². The molecule has 0 radical (unpaired) electrons. The van der Waals surface area contributed by atoms with Crippen molar-refractivity contribution in [3.05, 3.63) is 65.8 Å². The minimum Gasteiger partial charge on any atom is -0.447 e. The number of nitrogens with one attached hydrogen (secondary N) is 2. The number of imidazole rings is 1. The largest absolute Gasteiger partial charge is 0.447 e. The summed E-state index contributed by atoms with van der Waals surface area (Å²) in [5.41, 5.74) is 4.68. The first-order chi connectivity index (χ1) is 14.0. The van der Waals surface area contributed by atoms with Crippen LogP contribution in [0.25, 0.3) is 33.7 Å². The van der Waals surface area contributed by atoms with E-state index < -0.39 is 6.09 Å². The van der Waals surface area contributed by atoms with Crippen molar-refractivity contribution in [1.82, 2.24) is 15.0 Å². The van der Waals surface area contributed by atoms with Gasteiger partial charge < -0.3 is 9.72 Å². The van der Waals surface area contributed by atoms with Crippen LogP contribution in [0.1, 0.15) is 13.8 Å². The Morgan fingerprint density at radius 1 is 1.10 bits per heavy atom. The number of aromatic nitrogens is 3. The Labute approximate surface area is 172 Å². The minimum absolute atomic E-state index is 0.206. The fourth-order valence-corrected chi connectivity index (χ4v) is 3.17. The van der Waals surface area contributed by atoms with E-state index >= 15 is 0 Å². The van der Waals surface area contributed by atoms with Crippen molar-refractivity contribution >= 4 is 34.5 Å². The SMILES string of the molecule is CC(C)OC(=O)Nc1ccc(Cl)c(-c2nc3ncc(-c4ccccc4)cc3[nH]2)c1. The minimum atomic E-state index is -0.521. The first-order valence-corrected chi connectivity index (χ1v) is 9.56. The fraction of sp³-hybridized carbons (Fsp3) is 0.136. The van der Waals surface area contributed by atoms with E-state index in [1.165, 1.54) is 0 Å². The summed E-state index contributed by atoms with van der Waals surface area (Å²) in [7, 11) is 0. The van der Waals surface area contributed by atoms with Gasteiger partial charge in [-0.25, -0.2) is 14.8 Å². The smallest absolute Gasteiger partial charge is 0.411 e. The van der Waals surface area contributed by atoms with Crippen molar-refractivity contribution in [1.29, 1.82) is 0 Å². The number of ether oxygens (including phenoxy) is 1. The molecule has 146 valence electrons. The molecule has 0 saturated heterocycles. The monoisotopic (exact) mass is 406 g/mol. The highest BCUT2D eigenvalue weighted by molar-refractivity contribution is 6.33. The molecule has 7 heteroatoms. The molecule has 29 heavy (non-hydrogen) atoms. The first-order valence-electron chi connectivity index (χ1n) is 9.18. The van der Waals surface area contributed by atoms with Crippen LogP contribution in [0.15, 0.2) is 60.8 Å². The van der Waals surface area contributed by atoms with Crippen LogP contribution in [-0.4, -0.2) is 27.1 Å². The highest BCUT2D eigenvalue weighted by Crippen LogP contribution is 2.31. The van der Waals surface area contributed by atoms with Gasteiger partial charge in [-0.3, -0.25) is 5.32 Å². The Balaban J connectivity index is 1.67. The van der Waals surface area contributed by atoms with E-state index in [1.54, 1.807) is 38.2 Å². The molecule has 2 heterocycles. The van der Waals surface area contributed by atoms with E-state index in [1.807, 2.05) is 36.4 Å². The second kappa shape index (κ2) is 7.93. The molecule has 0 aliphatic rings. The van der Waals surface area contributed by atoms with E-state index in [0.717, 1.165) is 16.6 Å². The number of hydrogen-bond acceptors (Lipinski definition) is 4. The summed E-state index contributed by atoms with van der Waals surface area (Å²) in [5.74, 6) is 0.573. The van der Waals surface area contributed by atoms with Crippen LogP contribution in [-0.2, 0) is 4.74 Å². The second-order valence-corrected chi connectivity index (χ2v) is 7.23. The Kier molecular flexibility index (Phi) is 5.18. The summed E-state index contributed by atoms with van der Waals surface area (Å²) in [6, 6.07) is 17.2. The number of fused-ring (bicyclic) bond motifs is 1. The highest BCUT2D eigenvalue weighted by Gasteiger charge is 2.13. The lowest BCUT2D eigenvalue weighted by Crippen LogP contribution is -2.17. The summed E-state index contributed by atoms with van der Waals surface area (Å²) < 4.78 is 5.12. The number of benzene rings is 2. The molecule has 1 amide bonds. The predicted molar refractivity (Wildman–Crippen MR) is 115 cm³/mol. The number of hydrogen-bond donors (Lipinski definition) is 2. The van der Waals surface area contributed by atoms with E-state index in [9.17, 15) is 4.79 Å². The average Bonchev–Trinajstić information content (AvgIpc) is 3.12. The fourth-order valence-electron chi connectivity index (χ4n) is 2.96. The van der Waals surface area contributed by atoms with Gasteiger partial charge in [-0.15, -0.1) is 0 Å². The second-order valence-electron chi connectivity index (χ2n) is 6.82. The molecule has 0 aliphatic heterocycles. The summed E-state index contributed by atoms with van der Waals surface area (Å²) >= 11 is 6.38. The number of amides is 1. The molecule has 0 fully saturated rings. The van der Waals surface area contributed by atoms with E-state index in [-0.39, 0.29) is 6.10 Å². The van der Waals surface area contributed by atoms with Crippen LogP contribution in [0.4, 0.5) is 10.5 Å². The maximum absolute atomic E-state index is 11.9. The molecule has 0 spiro atoms. The number of rotatable bonds is 4. The van der Waals surface area contributed by atoms with Gasteiger partial charge in [0.15, 0.2) is 5.65 Å². The Bertz CT molecular complexity index is 1170. The highest BCUT2D eigenvalue weighted by atomic mass is 35.5. The summed E-state index contributed by atoms with van der Waals surface area (Å²) in [4.78, 5) is 24.2. The van der Waals surface area contributed by atoms with Gasteiger partial charge in [-0.2, -0.15) is 0 Å². The zero-order chi connectivity index (χ0) is 20.4. The zero-order valence-electron chi connectivity index (χ0n) is 15.9. The van der Waals surface area contributed by atoms with Crippen LogP contribution in [0, 0.1) is 0 Å². The number of H-pyrrole nitrogens is 1. The number of carbonyl (C=O) groups is 1. The van der Waals surface area contributed by atoms with Gasteiger partial charge >= 0.3 is 6.09 Å². The topological polar surface area (TPSA) is 79.9 Å². The van der Waals surface area contributed by atoms with Gasteiger partial charge in [0.1, 0.15) is 5.82 Å². The van der Waals surface area contributed by atoms with Crippen LogP contribution in [0.3, 0.4) is 0 Å². The van der Waals surface area contributed by atoms with Gasteiger partial charge in [-0.05, 0) is 43.7 Å². The van der Waals surface area contributed by atoms with Crippen LogP contribution in [0.2, 0.25) is 5.02 Å². The van der Waals surface area contributed by atoms with Crippen molar-refractivity contribution in [2.75, 3.05) is 5.32 Å². The number of halogens is 1. The third-order valence-corrected chi connectivity index (χ3v) is 4.58. The van der Waals surface area contributed by atoms with Gasteiger partial charge in [0.2, 0.25) is 0 Å². The number of pyridine rings is 1. The molecule has 6 nitrogen and oxygen atoms in total. The summed E-state index contributed by atoms with van der Waals surface area (Å²) in [6.45, 7) is 3.58. The molecule has 2 N–H and O–H groups in total. The van der Waals surface area contributed by atoms with Gasteiger partial charge in [-0.1, -0.05) is 41.9 Å². The third kappa shape index (κ3) is 4.22. The Morgan fingerprint density at radius 3 is 2.66 bits per heavy atom. The standard InChI is InChI=1S/C22H19ClN4O2/c1-13(2)29-22(28)25-16-8-9-18(23)17(11-16)20-26-19-10-15(12-24-21(19)27-20)14-6-4-3-5-7-14/h3-13H,1-2H3,(H,25,28)(H,24,26,27). The molecule has 2 aromatic heterocycles. The van der Waals surface area contributed by atoms with Crippen molar-refractivity contribution < 1.29 is 9.53 Å². The molecule has 0 bridgehead atoms. The lowest BCUT2D eigenvalue weighted by Gasteiger charge is -2.10. The third-order valence-electron chi connectivity index (χ3n) is 4.26. The van der Waals surface area contributed by atoms with Crippen molar-refractivity contribution in [3.8, 4) is 22.5 Å². The van der Waals surface area contributed by atoms with E-state index in [2.05, 4.69) is 20.3 Å². The number of aromatic amines is 1. The molecule has 0 saturated carbocycles. The molecule has 4 rings (SSSR count). The van der Waals surface area contributed by atoms with Crippen molar-refractivity contribution in [2.45, 2.75) is 20.0 Å². The average molecular weight is 407 g/mol. The van der Waals surface area contributed by atoms with Crippen LogP contribution < -0.4 is 5.32 Å². The lowest BCUT2D eigenvalue weighted by molar-refractivity contribution is 0.130. The van der Waals surface area contributed by atoms with Crippen LogP contribution in [0.5, 0.6) is 0 Å². The van der Waals surface area contributed by atoms with Crippen molar-refractivity contribution in [3.63, 3.8) is 0 Å². The van der Waals surface area contributed by atoms with Gasteiger partial charge in [0.05, 0.1) is 16.6 Å². The van der Waals surface area contributed by atoms with E-state index in [4.69, 9.17) is 16.3 Å². The van der Waals surface area contributed by atoms with E-state index in [0.29, 0.717) is 27.7 Å². The van der Waals surface area contributed by atoms with Gasteiger partial charge in [0.25, 0.3) is 0 Å². The molecular weight excluding hydrogens is 388 g/mol. The lowest BCUT2D eigenvalue weighted by atomic mass is 10.1. The zero-order valence-corrected chi connectivity index (χ0v) is 16.7. The van der Waals surface area contributed by atoms with Gasteiger partial charge in [0, 0.05) is 23.0 Å². The predicted octanol–water partition coefficient (Wildman–Crippen LogP) is 5.90. The molecule has 0 atom stereocenters. The quantitative estimate of drug-likeness (QED) is 0.442. The molecular formula is C22H19ClN4O2. The molecule has 0 aliphatic carbocycles. The molecule has 2 aromatic carbocycles. The maximum Gasteiger partial charge on any atom is 0.411 e. The number of carbonyl (C=O) groups excluding carboxylic acids is 1. The summed E-state index contributed by atoms with van der Waals surface area (Å²) in [6.07, 6.45) is 1.07. The number of anilines is 1. The first kappa shape index (κ1) is 19.0. The molecule has 4 aromatic rings. The number of nitrogens with zero attached hydrogens (tertiary/aromatic N) is 2. The Morgan fingerprint density at radius 2 is 1.90 bits per heavy atom. The normalized spacial score (nSPS) is 11.0. The van der Waals surface area contributed by atoms with Crippen molar-refractivity contribution in [2.24, 2.45) is 0 Å². The maximum atomic E-state index is 11.9.